The lowest BCUT2D eigenvalue weighted by molar-refractivity contribution is -0.182. The minimum atomic E-state index is -4.50. The van der Waals surface area contributed by atoms with E-state index in [0.717, 1.165) is 21.5 Å². The number of para-hydroxylation sites is 1. The summed E-state index contributed by atoms with van der Waals surface area (Å²) in [6, 6.07) is 12.7. The summed E-state index contributed by atoms with van der Waals surface area (Å²) in [5, 5.41) is 4.34. The lowest BCUT2D eigenvalue weighted by Gasteiger charge is -2.26. The van der Waals surface area contributed by atoms with Crippen molar-refractivity contribution in [1.29, 1.82) is 0 Å². The van der Waals surface area contributed by atoms with E-state index in [4.69, 9.17) is 0 Å². The first-order valence-electron chi connectivity index (χ1n) is 12.2. The average molecular weight is 521 g/mol. The maximum absolute atomic E-state index is 13.7. The van der Waals surface area contributed by atoms with E-state index in [1.165, 1.54) is 9.13 Å². The highest BCUT2D eigenvalue weighted by Crippen LogP contribution is 2.33. The number of pyridine rings is 2. The topological polar surface area (TPSA) is 77.4 Å². The first-order valence-corrected chi connectivity index (χ1v) is 12.2. The number of carbonyl (C=O) groups excluding carboxylic acids is 1. The number of aromatic nitrogens is 5. The number of alkyl halides is 3. The number of fused-ring (bicyclic) bond motifs is 2. The third-order valence-corrected chi connectivity index (χ3v) is 7.11. The summed E-state index contributed by atoms with van der Waals surface area (Å²) in [4.78, 5) is 32.1. The molecule has 6 rings (SSSR count). The predicted octanol–water partition coefficient (Wildman–Crippen LogP) is 4.36. The number of imidazole rings is 1. The summed E-state index contributed by atoms with van der Waals surface area (Å²) in [7, 11) is 0. The second-order valence-electron chi connectivity index (χ2n) is 9.42. The molecule has 1 saturated heterocycles. The summed E-state index contributed by atoms with van der Waals surface area (Å²) in [6.45, 7) is 1.38. The maximum atomic E-state index is 13.7. The van der Waals surface area contributed by atoms with Crippen LogP contribution in [0.1, 0.15) is 18.4 Å². The molecule has 1 aliphatic rings. The number of nitrogens with zero attached hydrogens (tertiary/aromatic N) is 6. The van der Waals surface area contributed by atoms with Gasteiger partial charge in [-0.3, -0.25) is 18.9 Å². The van der Waals surface area contributed by atoms with Gasteiger partial charge < -0.3 is 4.90 Å². The molecule has 1 aliphatic heterocycles. The van der Waals surface area contributed by atoms with E-state index in [0.29, 0.717) is 22.4 Å². The Kier molecular flexibility index (Phi) is 5.59. The zero-order valence-corrected chi connectivity index (χ0v) is 20.4. The van der Waals surface area contributed by atoms with Gasteiger partial charge in [0.1, 0.15) is 12.6 Å². The van der Waals surface area contributed by atoms with Gasteiger partial charge in [-0.25, -0.2) is 9.31 Å². The Morgan fingerprint density at radius 1 is 1.05 bits per heavy atom. The highest BCUT2D eigenvalue weighted by molar-refractivity contribution is 5.85. The van der Waals surface area contributed by atoms with Crippen molar-refractivity contribution >= 4 is 22.5 Å². The van der Waals surface area contributed by atoms with Crippen LogP contribution in [0.4, 0.5) is 13.2 Å². The number of halogens is 3. The van der Waals surface area contributed by atoms with Gasteiger partial charge >= 0.3 is 11.9 Å². The predicted molar refractivity (Wildman–Crippen MR) is 135 cm³/mol. The second kappa shape index (κ2) is 8.86. The molecule has 0 unspecified atom stereocenters. The summed E-state index contributed by atoms with van der Waals surface area (Å²) in [5.74, 6) is -0.728. The summed E-state index contributed by atoms with van der Waals surface area (Å²) in [6.07, 6.45) is 0.770. The van der Waals surface area contributed by atoms with Crippen molar-refractivity contribution < 1.29 is 18.0 Å². The third-order valence-electron chi connectivity index (χ3n) is 7.11. The van der Waals surface area contributed by atoms with Gasteiger partial charge in [0.25, 0.3) is 0 Å². The summed E-state index contributed by atoms with van der Waals surface area (Å²) in [5.41, 5.74) is 4.18. The number of likely N-dealkylation sites (tertiary alicyclic amines) is 1. The molecule has 5 aromatic rings. The molecule has 8 nitrogen and oxygen atoms in total. The molecule has 38 heavy (non-hydrogen) atoms. The molecular formula is C27H23F3N6O2. The van der Waals surface area contributed by atoms with Crippen LogP contribution in [0, 0.1) is 6.92 Å². The molecule has 194 valence electrons. The van der Waals surface area contributed by atoms with Crippen LogP contribution in [0.15, 0.2) is 71.9 Å². The van der Waals surface area contributed by atoms with Crippen LogP contribution >= 0.6 is 0 Å². The number of amides is 1. The van der Waals surface area contributed by atoms with Gasteiger partial charge in [0.15, 0.2) is 0 Å². The Morgan fingerprint density at radius 3 is 2.63 bits per heavy atom. The smallest absolute Gasteiger partial charge is 0.329 e. The summed E-state index contributed by atoms with van der Waals surface area (Å²) < 4.78 is 44.8. The van der Waals surface area contributed by atoms with Crippen LogP contribution in [0.2, 0.25) is 0 Å². The molecule has 0 saturated carbocycles. The van der Waals surface area contributed by atoms with Gasteiger partial charge in [-0.15, -0.1) is 0 Å². The van der Waals surface area contributed by atoms with Crippen LogP contribution in [0.5, 0.6) is 0 Å². The molecule has 1 atom stereocenters. The van der Waals surface area contributed by atoms with Crippen molar-refractivity contribution in [3.63, 3.8) is 0 Å². The third kappa shape index (κ3) is 3.85. The zero-order valence-electron chi connectivity index (χ0n) is 20.4. The van der Waals surface area contributed by atoms with Gasteiger partial charge in [-0.2, -0.15) is 18.3 Å². The fourth-order valence-corrected chi connectivity index (χ4v) is 5.31. The first kappa shape index (κ1) is 24.0. The second-order valence-corrected chi connectivity index (χ2v) is 9.42. The average Bonchev–Trinajstić information content (AvgIpc) is 3.62. The number of aryl methyl sites for hydroxylation is 1. The van der Waals surface area contributed by atoms with Gasteiger partial charge in [-0.05, 0) is 55.7 Å². The number of hydrogen-bond donors (Lipinski definition) is 0. The van der Waals surface area contributed by atoms with Crippen LogP contribution in [0.3, 0.4) is 0 Å². The Balaban J connectivity index is 1.40. The van der Waals surface area contributed by atoms with Crippen molar-refractivity contribution in [2.24, 2.45) is 0 Å². The molecule has 0 aliphatic carbocycles. The van der Waals surface area contributed by atoms with Crippen molar-refractivity contribution in [1.82, 2.24) is 28.6 Å². The Labute approximate surface area is 214 Å². The molecule has 4 aromatic heterocycles. The van der Waals surface area contributed by atoms with Gasteiger partial charge in [0.2, 0.25) is 5.91 Å². The van der Waals surface area contributed by atoms with Crippen molar-refractivity contribution in [2.75, 3.05) is 6.54 Å². The minimum absolute atomic E-state index is 0.0182. The van der Waals surface area contributed by atoms with Gasteiger partial charge in [0, 0.05) is 18.3 Å². The largest absolute Gasteiger partial charge is 0.408 e. The van der Waals surface area contributed by atoms with E-state index < -0.39 is 30.4 Å². The molecule has 0 spiro atoms. The van der Waals surface area contributed by atoms with Gasteiger partial charge in [0.05, 0.1) is 40.3 Å². The lowest BCUT2D eigenvalue weighted by Crippen LogP contribution is -2.46. The highest BCUT2D eigenvalue weighted by Gasteiger charge is 2.47. The summed E-state index contributed by atoms with van der Waals surface area (Å²) >= 11 is 0. The SMILES string of the molecule is Cc1cccc2c1n(-c1ccc(-c3cnn4ccccc34)nc1)c(=O)n2CC(=O)N1CCC[C@H]1C(F)(F)F. The number of benzene rings is 1. The molecule has 0 N–H and O–H groups in total. The van der Waals surface area contributed by atoms with E-state index in [2.05, 4.69) is 10.1 Å². The van der Waals surface area contributed by atoms with E-state index in [1.54, 1.807) is 41.2 Å². The molecule has 1 amide bonds. The molecular weight excluding hydrogens is 497 g/mol. The van der Waals surface area contributed by atoms with E-state index in [1.807, 2.05) is 37.4 Å². The van der Waals surface area contributed by atoms with Crippen molar-refractivity contribution in [3.8, 4) is 16.9 Å². The molecule has 1 aromatic carbocycles. The number of hydrogen-bond acceptors (Lipinski definition) is 4. The quantitative estimate of drug-likeness (QED) is 0.353. The van der Waals surface area contributed by atoms with Crippen molar-refractivity contribution in [3.05, 3.63) is 83.2 Å². The van der Waals surface area contributed by atoms with Gasteiger partial charge in [-0.1, -0.05) is 18.2 Å². The Morgan fingerprint density at radius 2 is 1.87 bits per heavy atom. The van der Waals surface area contributed by atoms with Crippen LogP contribution in [0.25, 0.3) is 33.5 Å². The highest BCUT2D eigenvalue weighted by atomic mass is 19.4. The normalized spacial score (nSPS) is 16.1. The fourth-order valence-electron chi connectivity index (χ4n) is 5.31. The molecule has 0 radical (unpaired) electrons. The molecule has 0 bridgehead atoms. The molecule has 11 heteroatoms. The van der Waals surface area contributed by atoms with E-state index in [-0.39, 0.29) is 19.4 Å². The monoisotopic (exact) mass is 520 g/mol. The zero-order chi connectivity index (χ0) is 26.6. The van der Waals surface area contributed by atoms with Crippen LogP contribution in [-0.2, 0) is 11.3 Å². The van der Waals surface area contributed by atoms with Crippen LogP contribution in [-0.4, -0.2) is 53.3 Å². The van der Waals surface area contributed by atoms with Crippen molar-refractivity contribution in [2.45, 2.75) is 38.5 Å². The van der Waals surface area contributed by atoms with E-state index >= 15 is 0 Å². The minimum Gasteiger partial charge on any atom is -0.329 e. The Hall–Kier alpha value is -4.41. The first-order chi connectivity index (χ1) is 18.2. The lowest BCUT2D eigenvalue weighted by atomic mass is 10.1. The molecule has 1 fully saturated rings. The molecule has 5 heterocycles. The fraction of sp³-hybridized carbons (Fsp3) is 0.259. The number of rotatable bonds is 4. The Bertz CT molecular complexity index is 1730. The number of carbonyl (C=O) groups is 1. The van der Waals surface area contributed by atoms with E-state index in [9.17, 15) is 22.8 Å². The van der Waals surface area contributed by atoms with Crippen LogP contribution < -0.4 is 5.69 Å². The maximum Gasteiger partial charge on any atom is 0.408 e. The standard InChI is InChI=1S/C27H23F3N6O2/c1-17-6-4-8-22-25(17)36(26(38)34(22)16-24(37)33-12-5-9-23(33)27(28,29)30)18-10-11-20(31-14-18)19-15-32-35-13-3-2-7-21(19)35/h2-4,6-8,10-11,13-15,23H,5,9,12,16H2,1H3/t23-/m0/s1.